The molecule has 1 saturated carbocycles. The third-order valence-electron chi connectivity index (χ3n) is 5.34. The Morgan fingerprint density at radius 2 is 1.55 bits per heavy atom. The molecule has 1 aliphatic carbocycles. The second-order valence-electron chi connectivity index (χ2n) is 7.20. The van der Waals surface area contributed by atoms with Gasteiger partial charge < -0.3 is 4.90 Å². The molecule has 0 atom stereocenters. The minimum absolute atomic E-state index is 0.0479. The highest BCUT2D eigenvalue weighted by atomic mass is 16.2. The average molecular weight is 308 g/mol. The Morgan fingerprint density at radius 3 is 2.09 bits per heavy atom. The van der Waals surface area contributed by atoms with Crippen LogP contribution in [0.3, 0.4) is 0 Å². The van der Waals surface area contributed by atoms with Crippen molar-refractivity contribution in [3.05, 3.63) is 12.7 Å². The molecule has 0 bridgehead atoms. The summed E-state index contributed by atoms with van der Waals surface area (Å²) in [5.41, 5.74) is 0. The summed E-state index contributed by atoms with van der Waals surface area (Å²) >= 11 is 0. The van der Waals surface area contributed by atoms with E-state index in [2.05, 4.69) is 13.5 Å². The number of carbonyl (C=O) groups excluding carboxylic acids is 1. The molecule has 128 valence electrons. The molecule has 0 aromatic rings. The van der Waals surface area contributed by atoms with Crippen LogP contribution in [0.5, 0.6) is 0 Å². The number of hydrogen-bond acceptors (Lipinski definition) is 1. The lowest BCUT2D eigenvalue weighted by Crippen LogP contribution is -2.26. The van der Waals surface area contributed by atoms with Crippen LogP contribution >= 0.6 is 0 Å². The molecule has 0 saturated heterocycles. The van der Waals surface area contributed by atoms with Gasteiger partial charge >= 0.3 is 0 Å². The fraction of sp³-hybridized carbons (Fsp3) is 0.850. The van der Waals surface area contributed by atoms with Crippen LogP contribution in [0.15, 0.2) is 12.7 Å². The van der Waals surface area contributed by atoms with Gasteiger partial charge in [0.25, 0.3) is 0 Å². The number of carbonyl (C=O) groups is 1. The molecule has 0 aliphatic heterocycles. The predicted octanol–water partition coefficient (Wildman–Crippen LogP) is 5.58. The Morgan fingerprint density at radius 1 is 1.00 bits per heavy atom. The van der Waals surface area contributed by atoms with Crippen LogP contribution in [-0.2, 0) is 4.79 Å². The lowest BCUT2D eigenvalue weighted by atomic mass is 9.78. The molecule has 1 rings (SSSR count). The molecule has 0 unspecified atom stereocenters. The van der Waals surface area contributed by atoms with Gasteiger partial charge in [0, 0.05) is 13.6 Å². The first kappa shape index (κ1) is 19.3. The summed E-state index contributed by atoms with van der Waals surface area (Å²) in [6, 6.07) is 0. The summed E-state index contributed by atoms with van der Waals surface area (Å²) in [7, 11) is 1.87. The molecular weight excluding hydrogens is 270 g/mol. The molecular formula is C20H37NO. The minimum Gasteiger partial charge on any atom is -0.342 e. The molecule has 1 fully saturated rings. The largest absolute Gasteiger partial charge is 0.342 e. The topological polar surface area (TPSA) is 20.3 Å². The SMILES string of the molecule is C=CC(=O)N(C)CCCC1CCC(CCCCCCC)CC1. The van der Waals surface area contributed by atoms with E-state index >= 15 is 0 Å². The molecule has 0 spiro atoms. The van der Waals surface area contributed by atoms with E-state index in [4.69, 9.17) is 0 Å². The highest BCUT2D eigenvalue weighted by molar-refractivity contribution is 5.86. The maximum absolute atomic E-state index is 11.4. The highest BCUT2D eigenvalue weighted by Gasteiger charge is 2.20. The molecule has 1 aliphatic rings. The zero-order valence-corrected chi connectivity index (χ0v) is 15.0. The first-order valence-corrected chi connectivity index (χ1v) is 9.54. The number of likely N-dealkylation sites (N-methyl/N-ethyl adjacent to an activating group) is 1. The van der Waals surface area contributed by atoms with Crippen molar-refractivity contribution in [2.75, 3.05) is 13.6 Å². The Labute approximate surface area is 138 Å². The van der Waals surface area contributed by atoms with Crippen LogP contribution in [0.2, 0.25) is 0 Å². The Kier molecular flexibility index (Phi) is 10.3. The van der Waals surface area contributed by atoms with E-state index in [9.17, 15) is 4.79 Å². The van der Waals surface area contributed by atoms with Crippen LogP contribution in [0.4, 0.5) is 0 Å². The quantitative estimate of drug-likeness (QED) is 0.360. The van der Waals surface area contributed by atoms with Crippen molar-refractivity contribution in [2.24, 2.45) is 11.8 Å². The molecule has 0 aromatic carbocycles. The van der Waals surface area contributed by atoms with Gasteiger partial charge in [0.1, 0.15) is 0 Å². The fourth-order valence-electron chi connectivity index (χ4n) is 3.73. The van der Waals surface area contributed by atoms with E-state index in [0.717, 1.165) is 24.8 Å². The molecule has 2 heteroatoms. The molecule has 2 nitrogen and oxygen atoms in total. The number of hydrogen-bond donors (Lipinski definition) is 0. The summed E-state index contributed by atoms with van der Waals surface area (Å²) in [6.45, 7) is 6.70. The number of rotatable bonds is 11. The van der Waals surface area contributed by atoms with Crippen molar-refractivity contribution < 1.29 is 4.79 Å². The summed E-state index contributed by atoms with van der Waals surface area (Å²) in [6.07, 6.45) is 18.1. The molecule has 0 N–H and O–H groups in total. The van der Waals surface area contributed by atoms with Crippen molar-refractivity contribution in [3.63, 3.8) is 0 Å². The van der Waals surface area contributed by atoms with Gasteiger partial charge in [-0.15, -0.1) is 0 Å². The van der Waals surface area contributed by atoms with Crippen LogP contribution in [0.25, 0.3) is 0 Å². The van der Waals surface area contributed by atoms with Crippen LogP contribution in [0.1, 0.15) is 84.0 Å². The van der Waals surface area contributed by atoms with Gasteiger partial charge in [-0.3, -0.25) is 4.79 Å². The van der Waals surface area contributed by atoms with Crippen molar-refractivity contribution in [2.45, 2.75) is 84.0 Å². The summed E-state index contributed by atoms with van der Waals surface area (Å²) in [5, 5.41) is 0. The summed E-state index contributed by atoms with van der Waals surface area (Å²) in [4.78, 5) is 13.2. The number of nitrogens with zero attached hydrogens (tertiary/aromatic N) is 1. The van der Waals surface area contributed by atoms with E-state index < -0.39 is 0 Å². The smallest absolute Gasteiger partial charge is 0.245 e. The minimum atomic E-state index is 0.0479. The van der Waals surface area contributed by atoms with Gasteiger partial charge in [0.15, 0.2) is 0 Å². The lowest BCUT2D eigenvalue weighted by molar-refractivity contribution is -0.124. The molecule has 1 amide bonds. The normalized spacial score (nSPS) is 21.5. The average Bonchev–Trinajstić information content (AvgIpc) is 2.55. The van der Waals surface area contributed by atoms with Crippen molar-refractivity contribution in [1.82, 2.24) is 4.90 Å². The molecule has 0 heterocycles. The van der Waals surface area contributed by atoms with Gasteiger partial charge in [0.05, 0.1) is 0 Å². The zero-order chi connectivity index (χ0) is 16.2. The second kappa shape index (κ2) is 11.7. The van der Waals surface area contributed by atoms with Crippen molar-refractivity contribution >= 4 is 5.91 Å². The fourth-order valence-corrected chi connectivity index (χ4v) is 3.73. The number of unbranched alkanes of at least 4 members (excludes halogenated alkanes) is 4. The Balaban J connectivity index is 2.03. The summed E-state index contributed by atoms with van der Waals surface area (Å²) in [5.74, 6) is 1.96. The van der Waals surface area contributed by atoms with E-state index in [0.29, 0.717) is 0 Å². The standard InChI is InChI=1S/C20H37NO/c1-4-6-7-8-9-11-18-13-15-19(16-14-18)12-10-17-21(3)20(22)5-2/h5,18-19H,2,4,6-17H2,1,3H3. The first-order valence-electron chi connectivity index (χ1n) is 9.54. The second-order valence-corrected chi connectivity index (χ2v) is 7.20. The zero-order valence-electron chi connectivity index (χ0n) is 15.0. The maximum Gasteiger partial charge on any atom is 0.245 e. The Bertz CT molecular complexity index is 305. The van der Waals surface area contributed by atoms with E-state index in [1.807, 2.05) is 7.05 Å². The highest BCUT2D eigenvalue weighted by Crippen LogP contribution is 2.34. The molecule has 22 heavy (non-hydrogen) atoms. The van der Waals surface area contributed by atoms with E-state index in [1.54, 1.807) is 4.90 Å². The van der Waals surface area contributed by atoms with Crippen LogP contribution in [0, 0.1) is 11.8 Å². The third kappa shape index (κ3) is 8.00. The van der Waals surface area contributed by atoms with Crippen molar-refractivity contribution in [3.8, 4) is 0 Å². The van der Waals surface area contributed by atoms with E-state index in [-0.39, 0.29) is 5.91 Å². The van der Waals surface area contributed by atoms with Gasteiger partial charge in [-0.05, 0) is 30.8 Å². The molecule has 0 aromatic heterocycles. The lowest BCUT2D eigenvalue weighted by Gasteiger charge is -2.29. The van der Waals surface area contributed by atoms with Gasteiger partial charge in [-0.1, -0.05) is 77.7 Å². The number of amides is 1. The van der Waals surface area contributed by atoms with E-state index in [1.165, 1.54) is 76.7 Å². The predicted molar refractivity (Wildman–Crippen MR) is 95.9 cm³/mol. The molecule has 0 radical (unpaired) electrons. The third-order valence-corrected chi connectivity index (χ3v) is 5.34. The van der Waals surface area contributed by atoms with Gasteiger partial charge in [-0.2, -0.15) is 0 Å². The first-order chi connectivity index (χ1) is 10.7. The van der Waals surface area contributed by atoms with Crippen LogP contribution < -0.4 is 0 Å². The Hall–Kier alpha value is -0.790. The van der Waals surface area contributed by atoms with Gasteiger partial charge in [-0.25, -0.2) is 0 Å². The van der Waals surface area contributed by atoms with Crippen LogP contribution in [-0.4, -0.2) is 24.4 Å². The monoisotopic (exact) mass is 307 g/mol. The van der Waals surface area contributed by atoms with Gasteiger partial charge in [0.2, 0.25) is 5.91 Å². The summed E-state index contributed by atoms with van der Waals surface area (Å²) < 4.78 is 0. The maximum atomic E-state index is 11.4. The van der Waals surface area contributed by atoms with Crippen molar-refractivity contribution in [1.29, 1.82) is 0 Å².